The van der Waals surface area contributed by atoms with Crippen molar-refractivity contribution in [1.82, 2.24) is 0 Å². The first-order chi connectivity index (χ1) is 6.91. The first kappa shape index (κ1) is 12.8. The Balaban J connectivity index is 2.58. The van der Waals surface area contributed by atoms with Crippen molar-refractivity contribution in [3.8, 4) is 0 Å². The van der Waals surface area contributed by atoms with Crippen LogP contribution in [0.15, 0.2) is 11.8 Å². The minimum Gasteiger partial charge on any atom is -0.548 e. The van der Waals surface area contributed by atoms with E-state index in [4.69, 9.17) is 4.43 Å². The Labute approximate surface area is 94.5 Å². The molecule has 15 heavy (non-hydrogen) atoms. The molecule has 1 unspecified atom stereocenters. The molecule has 88 valence electrons. The third-order valence-electron chi connectivity index (χ3n) is 3.19. The Kier molecular flexibility index (Phi) is 4.01. The van der Waals surface area contributed by atoms with Crippen molar-refractivity contribution >= 4 is 8.32 Å². The zero-order chi connectivity index (χ0) is 11.5. The SMILES string of the molecule is CCC1(CO)CC=C(O[Si](C)(C)C)CC1. The van der Waals surface area contributed by atoms with Gasteiger partial charge in [0.2, 0.25) is 8.32 Å². The van der Waals surface area contributed by atoms with Crippen LogP contribution in [0.5, 0.6) is 0 Å². The molecule has 0 bridgehead atoms. The molecule has 1 rings (SSSR count). The lowest BCUT2D eigenvalue weighted by Gasteiger charge is -2.35. The number of rotatable bonds is 4. The van der Waals surface area contributed by atoms with Gasteiger partial charge < -0.3 is 9.53 Å². The van der Waals surface area contributed by atoms with Gasteiger partial charge in [-0.05, 0) is 50.4 Å². The largest absolute Gasteiger partial charge is 0.548 e. The third kappa shape index (κ3) is 3.65. The number of allylic oxidation sites excluding steroid dienone is 2. The van der Waals surface area contributed by atoms with Crippen molar-refractivity contribution in [1.29, 1.82) is 0 Å². The second kappa shape index (κ2) is 4.70. The van der Waals surface area contributed by atoms with E-state index in [0.29, 0.717) is 6.61 Å². The fourth-order valence-electron chi connectivity index (χ4n) is 1.99. The van der Waals surface area contributed by atoms with Crippen LogP contribution in [0.1, 0.15) is 32.6 Å². The van der Waals surface area contributed by atoms with Crippen LogP contribution in [0.25, 0.3) is 0 Å². The molecule has 0 fully saturated rings. The molecule has 1 aliphatic carbocycles. The molecule has 0 amide bonds. The minimum atomic E-state index is -1.44. The van der Waals surface area contributed by atoms with E-state index in [9.17, 15) is 5.11 Å². The summed E-state index contributed by atoms with van der Waals surface area (Å²) < 4.78 is 5.98. The van der Waals surface area contributed by atoms with Gasteiger partial charge in [-0.2, -0.15) is 0 Å². The van der Waals surface area contributed by atoms with Crippen LogP contribution in [-0.2, 0) is 4.43 Å². The molecule has 0 aliphatic heterocycles. The molecule has 1 atom stereocenters. The van der Waals surface area contributed by atoms with Crippen LogP contribution in [0, 0.1) is 5.41 Å². The van der Waals surface area contributed by atoms with Crippen LogP contribution in [0.4, 0.5) is 0 Å². The Morgan fingerprint density at radius 2 is 2.13 bits per heavy atom. The number of aliphatic hydroxyl groups excluding tert-OH is 1. The standard InChI is InChI=1S/C12H24O2Si/c1-5-12(10-13)8-6-11(7-9-12)14-15(2,3)4/h6,13H,5,7-10H2,1-4H3. The molecule has 0 saturated carbocycles. The summed E-state index contributed by atoms with van der Waals surface area (Å²) in [5.41, 5.74) is 0.131. The highest BCUT2D eigenvalue weighted by Gasteiger charge is 2.31. The smallest absolute Gasteiger partial charge is 0.241 e. The molecule has 0 aromatic carbocycles. The normalized spacial score (nSPS) is 27.4. The number of hydrogen-bond acceptors (Lipinski definition) is 2. The van der Waals surface area contributed by atoms with E-state index in [1.165, 1.54) is 0 Å². The van der Waals surface area contributed by atoms with E-state index >= 15 is 0 Å². The molecule has 0 radical (unpaired) electrons. The molecule has 0 spiro atoms. The molecule has 0 saturated heterocycles. The fourth-order valence-corrected chi connectivity index (χ4v) is 2.96. The van der Waals surface area contributed by atoms with Gasteiger partial charge >= 0.3 is 0 Å². The van der Waals surface area contributed by atoms with Crippen LogP contribution < -0.4 is 0 Å². The van der Waals surface area contributed by atoms with Crippen LogP contribution in [0.2, 0.25) is 19.6 Å². The van der Waals surface area contributed by atoms with Gasteiger partial charge in [0.1, 0.15) is 0 Å². The zero-order valence-corrected chi connectivity index (χ0v) is 11.5. The summed E-state index contributed by atoms with van der Waals surface area (Å²) >= 11 is 0. The van der Waals surface area contributed by atoms with Crippen molar-refractivity contribution in [2.45, 2.75) is 52.2 Å². The lowest BCUT2D eigenvalue weighted by atomic mass is 9.75. The maximum Gasteiger partial charge on any atom is 0.241 e. The molecular formula is C12H24O2Si. The van der Waals surface area contributed by atoms with Crippen molar-refractivity contribution in [3.05, 3.63) is 11.8 Å². The highest BCUT2D eigenvalue weighted by Crippen LogP contribution is 2.38. The van der Waals surface area contributed by atoms with Gasteiger partial charge in [0.05, 0.1) is 5.76 Å². The zero-order valence-electron chi connectivity index (χ0n) is 10.5. The van der Waals surface area contributed by atoms with Crippen molar-refractivity contribution in [3.63, 3.8) is 0 Å². The minimum absolute atomic E-state index is 0.131. The van der Waals surface area contributed by atoms with E-state index < -0.39 is 8.32 Å². The summed E-state index contributed by atoms with van der Waals surface area (Å²) in [5, 5.41) is 9.40. The van der Waals surface area contributed by atoms with Gasteiger partial charge in [-0.1, -0.05) is 6.92 Å². The molecule has 0 aromatic heterocycles. The molecule has 3 heteroatoms. The second-order valence-electron chi connectivity index (χ2n) is 5.60. The highest BCUT2D eigenvalue weighted by molar-refractivity contribution is 6.70. The Hall–Kier alpha value is -0.283. The van der Waals surface area contributed by atoms with Crippen molar-refractivity contribution in [2.24, 2.45) is 5.41 Å². The van der Waals surface area contributed by atoms with Crippen LogP contribution in [-0.4, -0.2) is 20.0 Å². The summed E-state index contributed by atoms with van der Waals surface area (Å²) in [4.78, 5) is 0. The fraction of sp³-hybridized carbons (Fsp3) is 0.833. The van der Waals surface area contributed by atoms with Gasteiger partial charge in [-0.25, -0.2) is 0 Å². The van der Waals surface area contributed by atoms with Gasteiger partial charge in [-0.3, -0.25) is 0 Å². The molecule has 1 N–H and O–H groups in total. The van der Waals surface area contributed by atoms with Gasteiger partial charge in [0.25, 0.3) is 0 Å². The molecule has 0 aromatic rings. The predicted octanol–water partition coefficient (Wildman–Crippen LogP) is 3.29. The Bertz CT molecular complexity index is 236. The van der Waals surface area contributed by atoms with Crippen molar-refractivity contribution in [2.75, 3.05) is 6.61 Å². The first-order valence-electron chi connectivity index (χ1n) is 5.90. The van der Waals surface area contributed by atoms with Crippen LogP contribution in [0.3, 0.4) is 0 Å². The van der Waals surface area contributed by atoms with Gasteiger partial charge in [-0.15, -0.1) is 0 Å². The van der Waals surface area contributed by atoms with E-state index in [0.717, 1.165) is 31.4 Å². The second-order valence-corrected chi connectivity index (χ2v) is 10.0. The topological polar surface area (TPSA) is 29.5 Å². The summed E-state index contributed by atoms with van der Waals surface area (Å²) in [5.74, 6) is 1.16. The molecule has 2 nitrogen and oxygen atoms in total. The molecular weight excluding hydrogens is 204 g/mol. The van der Waals surface area contributed by atoms with E-state index in [-0.39, 0.29) is 5.41 Å². The maximum atomic E-state index is 9.40. The Morgan fingerprint density at radius 3 is 2.47 bits per heavy atom. The Morgan fingerprint density at radius 1 is 1.47 bits per heavy atom. The van der Waals surface area contributed by atoms with Crippen LogP contribution >= 0.6 is 0 Å². The summed E-state index contributed by atoms with van der Waals surface area (Å²) in [6.45, 7) is 9.10. The van der Waals surface area contributed by atoms with E-state index in [2.05, 4.69) is 32.6 Å². The average molecular weight is 228 g/mol. The van der Waals surface area contributed by atoms with Gasteiger partial charge in [0, 0.05) is 13.0 Å². The lowest BCUT2D eigenvalue weighted by Crippen LogP contribution is -2.30. The first-order valence-corrected chi connectivity index (χ1v) is 9.30. The highest BCUT2D eigenvalue weighted by atomic mass is 28.4. The van der Waals surface area contributed by atoms with E-state index in [1.807, 2.05) is 0 Å². The summed E-state index contributed by atoms with van der Waals surface area (Å²) in [7, 11) is -1.44. The van der Waals surface area contributed by atoms with E-state index in [1.54, 1.807) is 0 Å². The van der Waals surface area contributed by atoms with Gasteiger partial charge in [0.15, 0.2) is 0 Å². The average Bonchev–Trinajstić information content (AvgIpc) is 2.17. The lowest BCUT2D eigenvalue weighted by molar-refractivity contribution is 0.101. The quantitative estimate of drug-likeness (QED) is 0.748. The predicted molar refractivity (Wildman–Crippen MR) is 66.2 cm³/mol. The summed E-state index contributed by atoms with van der Waals surface area (Å²) in [6, 6.07) is 0. The monoisotopic (exact) mass is 228 g/mol. The molecule has 1 aliphatic rings. The summed E-state index contributed by atoms with van der Waals surface area (Å²) in [6.07, 6.45) is 6.29. The number of hydrogen-bond donors (Lipinski definition) is 1. The van der Waals surface area contributed by atoms with Crippen molar-refractivity contribution < 1.29 is 9.53 Å². The maximum absolute atomic E-state index is 9.40. The third-order valence-corrected chi connectivity index (χ3v) is 4.06. The molecule has 0 heterocycles. The number of aliphatic hydroxyl groups is 1.